The summed E-state index contributed by atoms with van der Waals surface area (Å²) >= 11 is 0. The average Bonchev–Trinajstić information content (AvgIpc) is 3.19. The lowest BCUT2D eigenvalue weighted by Crippen LogP contribution is -2.43. The lowest BCUT2D eigenvalue weighted by Gasteiger charge is -2.31. The summed E-state index contributed by atoms with van der Waals surface area (Å²) in [5.74, 6) is -0.0533. The van der Waals surface area contributed by atoms with Gasteiger partial charge in [0.25, 0.3) is 0 Å². The van der Waals surface area contributed by atoms with Crippen LogP contribution in [0, 0.1) is 11.2 Å². The zero-order chi connectivity index (χ0) is 21.8. The average molecular weight is 418 g/mol. The Hall–Kier alpha value is -3.05. The Morgan fingerprint density at radius 2 is 1.74 bits per heavy atom. The minimum absolute atomic E-state index is 0.172. The van der Waals surface area contributed by atoms with Gasteiger partial charge in [0.15, 0.2) is 0 Å². The maximum Gasteiger partial charge on any atom is 0.229 e. The van der Waals surface area contributed by atoms with Gasteiger partial charge >= 0.3 is 0 Å². The standard InChI is InChI=1S/C26H28FN3O/c1-29(2)25(31)26(13-15-30(19-26)18-21-7-11-24(27)12-8-21)16-20-5-9-22(10-6-20)23-4-3-14-28-17-23/h3-12,14,17H,13,15-16,18-19H2,1-2H3. The number of nitrogens with zero attached hydrogens (tertiary/aromatic N) is 3. The monoisotopic (exact) mass is 417 g/mol. The van der Waals surface area contributed by atoms with Crippen LogP contribution in [0.25, 0.3) is 11.1 Å². The van der Waals surface area contributed by atoms with Crippen LogP contribution in [-0.2, 0) is 17.8 Å². The van der Waals surface area contributed by atoms with Crippen LogP contribution in [0.4, 0.5) is 4.39 Å². The van der Waals surface area contributed by atoms with Crippen molar-refractivity contribution in [3.8, 4) is 11.1 Å². The molecular formula is C26H28FN3O. The number of amides is 1. The number of rotatable bonds is 6. The highest BCUT2D eigenvalue weighted by Crippen LogP contribution is 2.37. The summed E-state index contributed by atoms with van der Waals surface area (Å²) < 4.78 is 13.2. The van der Waals surface area contributed by atoms with Crippen molar-refractivity contribution in [2.75, 3.05) is 27.2 Å². The second-order valence-electron chi connectivity index (χ2n) is 8.68. The number of benzene rings is 2. The topological polar surface area (TPSA) is 36.4 Å². The Morgan fingerprint density at radius 1 is 1.03 bits per heavy atom. The van der Waals surface area contributed by atoms with E-state index in [9.17, 15) is 9.18 Å². The first-order valence-electron chi connectivity index (χ1n) is 10.6. The molecule has 1 amide bonds. The highest BCUT2D eigenvalue weighted by molar-refractivity contribution is 5.83. The quantitative estimate of drug-likeness (QED) is 0.596. The van der Waals surface area contributed by atoms with Crippen LogP contribution in [0.1, 0.15) is 17.5 Å². The molecule has 4 nitrogen and oxygen atoms in total. The molecule has 0 spiro atoms. The van der Waals surface area contributed by atoms with Crippen molar-refractivity contribution < 1.29 is 9.18 Å². The summed E-state index contributed by atoms with van der Waals surface area (Å²) in [6.45, 7) is 2.28. The number of aromatic nitrogens is 1. The number of carbonyl (C=O) groups excluding carboxylic acids is 1. The van der Waals surface area contributed by atoms with Gasteiger partial charge in [-0.05, 0) is 59.8 Å². The molecule has 1 atom stereocenters. The van der Waals surface area contributed by atoms with Gasteiger partial charge < -0.3 is 4.90 Å². The summed E-state index contributed by atoms with van der Waals surface area (Å²) in [6, 6.07) is 19.1. The Balaban J connectivity index is 1.52. The molecule has 0 N–H and O–H groups in total. The van der Waals surface area contributed by atoms with Crippen LogP contribution in [0.15, 0.2) is 73.1 Å². The third kappa shape index (κ3) is 4.83. The molecule has 5 heteroatoms. The maximum atomic E-state index is 13.2. The summed E-state index contributed by atoms with van der Waals surface area (Å²) in [6.07, 6.45) is 5.15. The van der Waals surface area contributed by atoms with E-state index < -0.39 is 5.41 Å². The summed E-state index contributed by atoms with van der Waals surface area (Å²) in [7, 11) is 3.66. The molecule has 1 aliphatic heterocycles. The lowest BCUT2D eigenvalue weighted by atomic mass is 9.79. The fourth-order valence-electron chi connectivity index (χ4n) is 4.55. The number of halogens is 1. The molecule has 160 valence electrons. The lowest BCUT2D eigenvalue weighted by molar-refractivity contribution is -0.138. The van der Waals surface area contributed by atoms with Crippen LogP contribution < -0.4 is 0 Å². The minimum Gasteiger partial charge on any atom is -0.348 e. The van der Waals surface area contributed by atoms with Crippen LogP contribution in [-0.4, -0.2) is 47.9 Å². The first-order chi connectivity index (χ1) is 14.9. The summed E-state index contributed by atoms with van der Waals surface area (Å²) in [4.78, 5) is 21.5. The van der Waals surface area contributed by atoms with Gasteiger partial charge in [-0.25, -0.2) is 4.39 Å². The van der Waals surface area contributed by atoms with Gasteiger partial charge in [0.2, 0.25) is 5.91 Å². The fourth-order valence-corrected chi connectivity index (χ4v) is 4.55. The molecule has 1 unspecified atom stereocenters. The molecule has 1 saturated heterocycles. The normalized spacial score (nSPS) is 18.8. The molecule has 1 fully saturated rings. The van der Waals surface area contributed by atoms with Crippen LogP contribution in [0.2, 0.25) is 0 Å². The highest BCUT2D eigenvalue weighted by Gasteiger charge is 2.45. The van der Waals surface area contributed by atoms with Gasteiger partial charge in [0, 0.05) is 39.6 Å². The van der Waals surface area contributed by atoms with Crippen molar-refractivity contribution in [1.82, 2.24) is 14.8 Å². The zero-order valence-electron chi connectivity index (χ0n) is 18.1. The first-order valence-corrected chi connectivity index (χ1v) is 10.6. The van der Waals surface area contributed by atoms with E-state index >= 15 is 0 Å². The second kappa shape index (κ2) is 8.98. The van der Waals surface area contributed by atoms with Gasteiger partial charge in [-0.15, -0.1) is 0 Å². The Kier molecular flexibility index (Phi) is 6.14. The SMILES string of the molecule is CN(C)C(=O)C1(Cc2ccc(-c3cccnc3)cc2)CCN(Cc2ccc(F)cc2)C1. The molecule has 1 aliphatic rings. The molecule has 0 radical (unpaired) electrons. The van der Waals surface area contributed by atoms with Crippen LogP contribution in [0.3, 0.4) is 0 Å². The molecule has 0 saturated carbocycles. The Bertz CT molecular complexity index is 1020. The highest BCUT2D eigenvalue weighted by atomic mass is 19.1. The zero-order valence-corrected chi connectivity index (χ0v) is 18.1. The Labute approximate surface area is 183 Å². The molecular weight excluding hydrogens is 389 g/mol. The number of likely N-dealkylation sites (tertiary alicyclic amines) is 1. The fraction of sp³-hybridized carbons (Fsp3) is 0.308. The molecule has 2 aromatic carbocycles. The number of carbonyl (C=O) groups is 1. The minimum atomic E-state index is -0.445. The molecule has 1 aromatic heterocycles. The van der Waals surface area contributed by atoms with E-state index in [0.717, 1.165) is 41.8 Å². The maximum absolute atomic E-state index is 13.2. The van der Waals surface area contributed by atoms with E-state index in [0.29, 0.717) is 13.0 Å². The molecule has 4 rings (SSSR count). The van der Waals surface area contributed by atoms with E-state index in [1.165, 1.54) is 12.1 Å². The number of hydrogen-bond acceptors (Lipinski definition) is 3. The van der Waals surface area contributed by atoms with Crippen molar-refractivity contribution in [2.45, 2.75) is 19.4 Å². The summed E-state index contributed by atoms with van der Waals surface area (Å²) in [5.41, 5.74) is 3.98. The Morgan fingerprint density at radius 3 is 2.39 bits per heavy atom. The molecule has 31 heavy (non-hydrogen) atoms. The van der Waals surface area contributed by atoms with Crippen molar-refractivity contribution in [1.29, 1.82) is 0 Å². The van der Waals surface area contributed by atoms with Crippen molar-refractivity contribution >= 4 is 5.91 Å². The first kappa shape index (κ1) is 21.2. The molecule has 2 heterocycles. The van der Waals surface area contributed by atoms with Crippen LogP contribution in [0.5, 0.6) is 0 Å². The second-order valence-corrected chi connectivity index (χ2v) is 8.68. The van der Waals surface area contributed by atoms with Gasteiger partial charge in [-0.3, -0.25) is 14.7 Å². The van der Waals surface area contributed by atoms with Crippen molar-refractivity contribution in [3.63, 3.8) is 0 Å². The molecule has 0 bridgehead atoms. The van der Waals surface area contributed by atoms with Gasteiger partial charge in [-0.1, -0.05) is 42.5 Å². The van der Waals surface area contributed by atoms with E-state index in [1.807, 2.05) is 44.6 Å². The van der Waals surface area contributed by atoms with Crippen molar-refractivity contribution in [2.24, 2.45) is 5.41 Å². The smallest absolute Gasteiger partial charge is 0.229 e. The van der Waals surface area contributed by atoms with Gasteiger partial charge in [0.05, 0.1) is 5.41 Å². The predicted octanol–water partition coefficient (Wildman–Crippen LogP) is 4.41. The predicted molar refractivity (Wildman–Crippen MR) is 121 cm³/mol. The third-order valence-corrected chi connectivity index (χ3v) is 6.10. The molecule has 3 aromatic rings. The van der Waals surface area contributed by atoms with Gasteiger partial charge in [-0.2, -0.15) is 0 Å². The van der Waals surface area contributed by atoms with Crippen LogP contribution >= 0.6 is 0 Å². The number of hydrogen-bond donors (Lipinski definition) is 0. The van der Waals surface area contributed by atoms with E-state index in [1.54, 1.807) is 11.1 Å². The summed E-state index contributed by atoms with van der Waals surface area (Å²) in [5, 5.41) is 0. The van der Waals surface area contributed by atoms with E-state index in [2.05, 4.69) is 34.1 Å². The largest absolute Gasteiger partial charge is 0.348 e. The van der Waals surface area contributed by atoms with Crippen molar-refractivity contribution in [3.05, 3.63) is 90.0 Å². The van der Waals surface area contributed by atoms with Gasteiger partial charge in [0.1, 0.15) is 5.82 Å². The number of pyridine rings is 1. The third-order valence-electron chi connectivity index (χ3n) is 6.10. The molecule has 0 aliphatic carbocycles. The van der Waals surface area contributed by atoms with E-state index in [4.69, 9.17) is 0 Å². The van der Waals surface area contributed by atoms with E-state index in [-0.39, 0.29) is 11.7 Å².